The molecule has 0 fully saturated rings. The van der Waals surface area contributed by atoms with E-state index in [0.29, 0.717) is 23.5 Å². The third kappa shape index (κ3) is 3.38. The van der Waals surface area contributed by atoms with E-state index in [1.165, 1.54) is 0 Å². The number of aliphatic hydroxyl groups excluding tert-OH is 1. The molecule has 2 amide bonds. The maximum absolute atomic E-state index is 12.6. The number of carbonyl (C=O) groups excluding carboxylic acids is 2. The molecule has 1 aliphatic rings. The largest absolute Gasteiger partial charge is 0.502 e. The molecule has 6 heteroatoms. The second kappa shape index (κ2) is 7.17. The van der Waals surface area contributed by atoms with E-state index in [4.69, 9.17) is 4.74 Å². The first-order valence-corrected chi connectivity index (χ1v) is 8.03. The fourth-order valence-electron chi connectivity index (χ4n) is 2.58. The van der Waals surface area contributed by atoms with Crippen molar-refractivity contribution in [3.05, 3.63) is 65.7 Å². The molecule has 3 rings (SSSR count). The Kier molecular flexibility index (Phi) is 4.79. The van der Waals surface area contributed by atoms with Crippen molar-refractivity contribution in [2.24, 2.45) is 0 Å². The van der Waals surface area contributed by atoms with E-state index in [1.807, 2.05) is 6.92 Å². The van der Waals surface area contributed by atoms with Crippen molar-refractivity contribution in [2.45, 2.75) is 19.9 Å². The van der Waals surface area contributed by atoms with Gasteiger partial charge in [0.15, 0.2) is 5.76 Å². The molecule has 0 bridgehead atoms. The maximum Gasteiger partial charge on any atom is 0.296 e. The van der Waals surface area contributed by atoms with Crippen LogP contribution in [0.1, 0.15) is 24.5 Å². The first kappa shape index (κ1) is 16.7. The summed E-state index contributed by atoms with van der Waals surface area (Å²) < 4.78 is 5.50. The molecule has 0 spiro atoms. The van der Waals surface area contributed by atoms with Gasteiger partial charge in [0.05, 0.1) is 18.7 Å². The van der Waals surface area contributed by atoms with Gasteiger partial charge in [-0.3, -0.25) is 19.5 Å². The van der Waals surface area contributed by atoms with Gasteiger partial charge < -0.3 is 9.84 Å². The fraction of sp³-hybridized carbons (Fsp3) is 0.211. The molecular formula is C19H18N2O4. The minimum Gasteiger partial charge on any atom is -0.502 e. The van der Waals surface area contributed by atoms with E-state index in [1.54, 1.807) is 48.8 Å². The van der Waals surface area contributed by atoms with Crippen LogP contribution in [0.4, 0.5) is 0 Å². The average molecular weight is 338 g/mol. The SMILES string of the molecule is CCCOc1ccc(C2=C(O)C(=O)N(Cc3cccnc3)C2=O)cc1. The number of amides is 2. The first-order valence-electron chi connectivity index (χ1n) is 8.03. The summed E-state index contributed by atoms with van der Waals surface area (Å²) in [6.45, 7) is 2.68. The Hall–Kier alpha value is -3.15. The first-order chi connectivity index (χ1) is 12.1. The summed E-state index contributed by atoms with van der Waals surface area (Å²) in [4.78, 5) is 29.9. The van der Waals surface area contributed by atoms with E-state index in [0.717, 1.165) is 11.3 Å². The predicted octanol–water partition coefficient (Wildman–Crippen LogP) is 2.71. The van der Waals surface area contributed by atoms with Gasteiger partial charge in [-0.15, -0.1) is 0 Å². The molecule has 1 aromatic carbocycles. The number of benzene rings is 1. The van der Waals surface area contributed by atoms with Crippen LogP contribution in [0, 0.1) is 0 Å². The Labute approximate surface area is 145 Å². The minimum absolute atomic E-state index is 0.0101. The molecule has 2 aromatic rings. The van der Waals surface area contributed by atoms with Crippen LogP contribution in [-0.2, 0) is 16.1 Å². The second-order valence-corrected chi connectivity index (χ2v) is 5.65. The number of aliphatic hydroxyl groups is 1. The highest BCUT2D eigenvalue weighted by Gasteiger charge is 2.39. The molecule has 2 heterocycles. The Morgan fingerprint density at radius 1 is 1.12 bits per heavy atom. The van der Waals surface area contributed by atoms with Crippen LogP contribution in [0.5, 0.6) is 5.75 Å². The van der Waals surface area contributed by atoms with Crippen LogP contribution in [0.15, 0.2) is 54.6 Å². The predicted molar refractivity (Wildman–Crippen MR) is 91.6 cm³/mol. The van der Waals surface area contributed by atoms with E-state index >= 15 is 0 Å². The van der Waals surface area contributed by atoms with Gasteiger partial charge in [0.1, 0.15) is 5.75 Å². The van der Waals surface area contributed by atoms with Crippen LogP contribution in [-0.4, -0.2) is 33.4 Å². The summed E-state index contributed by atoms with van der Waals surface area (Å²) in [7, 11) is 0. The third-order valence-corrected chi connectivity index (χ3v) is 3.82. The lowest BCUT2D eigenvalue weighted by Gasteiger charge is -2.14. The topological polar surface area (TPSA) is 79.7 Å². The standard InChI is InChI=1S/C19H18N2O4/c1-2-10-25-15-7-5-14(6-8-15)16-17(22)19(24)21(18(16)23)12-13-4-3-9-20-11-13/h3-9,11,22H,2,10,12H2,1H3. The second-order valence-electron chi connectivity index (χ2n) is 5.65. The highest BCUT2D eigenvalue weighted by Crippen LogP contribution is 2.30. The zero-order valence-electron chi connectivity index (χ0n) is 13.8. The van der Waals surface area contributed by atoms with Crippen molar-refractivity contribution in [2.75, 3.05) is 6.61 Å². The number of pyridine rings is 1. The Morgan fingerprint density at radius 2 is 1.88 bits per heavy atom. The quantitative estimate of drug-likeness (QED) is 0.819. The van der Waals surface area contributed by atoms with Gasteiger partial charge in [-0.25, -0.2) is 0 Å². The summed E-state index contributed by atoms with van der Waals surface area (Å²) in [6.07, 6.45) is 4.08. The highest BCUT2D eigenvalue weighted by atomic mass is 16.5. The van der Waals surface area contributed by atoms with E-state index in [-0.39, 0.29) is 12.1 Å². The summed E-state index contributed by atoms with van der Waals surface area (Å²) in [5.74, 6) is -1.07. The Bertz CT molecular complexity index is 813. The molecule has 0 saturated carbocycles. The number of hydrogen-bond acceptors (Lipinski definition) is 5. The fourth-order valence-corrected chi connectivity index (χ4v) is 2.58. The lowest BCUT2D eigenvalue weighted by atomic mass is 10.1. The normalized spacial score (nSPS) is 14.4. The van der Waals surface area contributed by atoms with Gasteiger partial charge in [-0.1, -0.05) is 25.1 Å². The number of rotatable bonds is 6. The van der Waals surface area contributed by atoms with E-state index in [2.05, 4.69) is 4.98 Å². The monoisotopic (exact) mass is 338 g/mol. The summed E-state index contributed by atoms with van der Waals surface area (Å²) >= 11 is 0. The van der Waals surface area contributed by atoms with Crippen LogP contribution < -0.4 is 4.74 Å². The third-order valence-electron chi connectivity index (χ3n) is 3.82. The van der Waals surface area contributed by atoms with Crippen molar-refractivity contribution in [1.82, 2.24) is 9.88 Å². The number of carbonyl (C=O) groups is 2. The number of ether oxygens (including phenoxy) is 1. The summed E-state index contributed by atoms with van der Waals surface area (Å²) in [5.41, 5.74) is 1.20. The number of imide groups is 1. The van der Waals surface area contributed by atoms with Crippen molar-refractivity contribution in [1.29, 1.82) is 0 Å². The van der Waals surface area contributed by atoms with Gasteiger partial charge in [0, 0.05) is 12.4 Å². The van der Waals surface area contributed by atoms with E-state index < -0.39 is 17.6 Å². The van der Waals surface area contributed by atoms with Crippen LogP contribution in [0.3, 0.4) is 0 Å². The zero-order valence-corrected chi connectivity index (χ0v) is 13.8. The summed E-state index contributed by atoms with van der Waals surface area (Å²) in [6, 6.07) is 10.2. The van der Waals surface area contributed by atoms with Gasteiger partial charge in [0.25, 0.3) is 11.8 Å². The van der Waals surface area contributed by atoms with Crippen LogP contribution in [0.2, 0.25) is 0 Å². The number of aromatic nitrogens is 1. The maximum atomic E-state index is 12.6. The molecule has 6 nitrogen and oxygen atoms in total. The number of nitrogens with zero attached hydrogens (tertiary/aromatic N) is 2. The van der Waals surface area contributed by atoms with Crippen LogP contribution in [0.25, 0.3) is 5.57 Å². The van der Waals surface area contributed by atoms with Crippen molar-refractivity contribution >= 4 is 17.4 Å². The number of hydrogen-bond donors (Lipinski definition) is 1. The molecular weight excluding hydrogens is 320 g/mol. The lowest BCUT2D eigenvalue weighted by Crippen LogP contribution is -2.31. The molecule has 0 saturated heterocycles. The van der Waals surface area contributed by atoms with Gasteiger partial charge in [-0.2, -0.15) is 0 Å². The molecule has 0 radical (unpaired) electrons. The molecule has 25 heavy (non-hydrogen) atoms. The molecule has 0 unspecified atom stereocenters. The van der Waals surface area contributed by atoms with E-state index in [9.17, 15) is 14.7 Å². The minimum atomic E-state index is -0.699. The van der Waals surface area contributed by atoms with Crippen molar-refractivity contribution in [3.8, 4) is 5.75 Å². The Morgan fingerprint density at radius 3 is 2.52 bits per heavy atom. The molecule has 0 aliphatic carbocycles. The van der Waals surface area contributed by atoms with Gasteiger partial charge >= 0.3 is 0 Å². The molecule has 128 valence electrons. The summed E-state index contributed by atoms with van der Waals surface area (Å²) in [5, 5.41) is 10.2. The average Bonchev–Trinajstić information content (AvgIpc) is 2.85. The zero-order chi connectivity index (χ0) is 17.8. The highest BCUT2D eigenvalue weighted by molar-refractivity contribution is 6.34. The smallest absolute Gasteiger partial charge is 0.296 e. The van der Waals surface area contributed by atoms with Gasteiger partial charge in [-0.05, 0) is 35.7 Å². The van der Waals surface area contributed by atoms with Crippen molar-refractivity contribution in [3.63, 3.8) is 0 Å². The molecule has 1 aromatic heterocycles. The Balaban J connectivity index is 1.82. The van der Waals surface area contributed by atoms with Crippen molar-refractivity contribution < 1.29 is 19.4 Å². The lowest BCUT2D eigenvalue weighted by molar-refractivity contribution is -0.138. The molecule has 1 N–H and O–H groups in total. The van der Waals surface area contributed by atoms with Crippen LogP contribution >= 0.6 is 0 Å². The molecule has 0 atom stereocenters. The van der Waals surface area contributed by atoms with Gasteiger partial charge in [0.2, 0.25) is 0 Å². The molecule has 1 aliphatic heterocycles.